The van der Waals surface area contributed by atoms with Gasteiger partial charge >= 0.3 is 0 Å². The maximum atomic E-state index is 13.7. The fraction of sp³-hybridized carbons (Fsp3) is 0.987. The summed E-state index contributed by atoms with van der Waals surface area (Å²) in [5.74, 6) is -0.858. The Morgan fingerprint density at radius 3 is 1.25 bits per heavy atom. The van der Waals surface area contributed by atoms with Crippen molar-refractivity contribution < 1.29 is 169 Å². The van der Waals surface area contributed by atoms with Crippen molar-refractivity contribution in [2.24, 2.45) is 0 Å². The minimum Gasteiger partial charge on any atom is -0.394 e. The highest BCUT2D eigenvalue weighted by Gasteiger charge is 2.60. The molecule has 0 aromatic heterocycles. The van der Waals surface area contributed by atoms with E-state index in [0.29, 0.717) is 12.8 Å². The van der Waals surface area contributed by atoms with E-state index in [2.05, 4.69) is 19.2 Å². The highest BCUT2D eigenvalue weighted by Crippen LogP contribution is 2.40. The summed E-state index contributed by atoms with van der Waals surface area (Å²) in [5.41, 5.74) is 0. The fourth-order valence-corrected chi connectivity index (χ4v) is 15.0. The quantitative estimate of drug-likeness (QED) is 0.0284. The molecule has 6 saturated heterocycles. The van der Waals surface area contributed by atoms with Gasteiger partial charge in [-0.2, -0.15) is 0 Å². The van der Waals surface area contributed by atoms with Gasteiger partial charge in [-0.05, 0) is 12.8 Å². The molecule has 0 aliphatic carbocycles. The molecule has 0 aromatic carbocycles. The van der Waals surface area contributed by atoms with Crippen LogP contribution in [-0.2, 0) is 61.6 Å². The summed E-state index contributed by atoms with van der Waals surface area (Å²) in [4.78, 5) is 13.7. The van der Waals surface area contributed by atoms with Crippen molar-refractivity contribution in [2.45, 2.75) is 422 Å². The van der Waals surface area contributed by atoms with Gasteiger partial charge in [0, 0.05) is 0 Å². The highest BCUT2D eigenvalue weighted by molar-refractivity contribution is 5.80. The second kappa shape index (κ2) is 52.2. The monoisotopic (exact) mass is 1600 g/mol. The van der Waals surface area contributed by atoms with E-state index in [1.807, 2.05) is 0 Å². The molecule has 0 radical (unpaired) electrons. The van der Waals surface area contributed by atoms with E-state index in [9.17, 15) is 112 Å². The van der Waals surface area contributed by atoms with E-state index in [1.165, 1.54) is 109 Å². The molecule has 0 aromatic rings. The molecule has 1 amide bonds. The molecule has 6 rings (SSSR count). The average Bonchev–Trinajstić information content (AvgIpc) is 1.54. The van der Waals surface area contributed by atoms with Gasteiger partial charge in [-0.1, -0.05) is 206 Å². The fourth-order valence-electron chi connectivity index (χ4n) is 15.0. The van der Waals surface area contributed by atoms with E-state index in [0.717, 1.165) is 70.6 Å². The summed E-state index contributed by atoms with van der Waals surface area (Å²) < 4.78 is 70.6. The third-order valence-corrected chi connectivity index (χ3v) is 22.0. The minimum absolute atomic E-state index is 0.109. The molecule has 0 spiro atoms. The van der Waals surface area contributed by atoms with Gasteiger partial charge in [0.1, 0.15) is 153 Å². The Morgan fingerprint density at radius 2 is 0.773 bits per heavy atom. The van der Waals surface area contributed by atoms with Gasteiger partial charge in [0.2, 0.25) is 5.91 Å². The minimum atomic E-state index is -2.30. The van der Waals surface area contributed by atoms with Crippen LogP contribution in [-0.4, -0.2) is 362 Å². The van der Waals surface area contributed by atoms with Gasteiger partial charge in [-0.25, -0.2) is 0 Å². The zero-order valence-electron chi connectivity index (χ0n) is 64.3. The van der Waals surface area contributed by atoms with Gasteiger partial charge in [-0.15, -0.1) is 0 Å². The molecule has 6 aliphatic heterocycles. The number of aliphatic hydroxyl groups is 21. The van der Waals surface area contributed by atoms with E-state index in [1.54, 1.807) is 0 Å². The van der Waals surface area contributed by atoms with Gasteiger partial charge in [-0.3, -0.25) is 4.79 Å². The van der Waals surface area contributed by atoms with Gasteiger partial charge in [0.05, 0.1) is 58.4 Å². The predicted molar refractivity (Wildman–Crippen MR) is 386 cm³/mol. The van der Waals surface area contributed by atoms with Crippen LogP contribution in [0.5, 0.6) is 0 Å². The first-order valence-corrected chi connectivity index (χ1v) is 40.9. The average molecular weight is 1600 g/mol. The SMILES string of the molecule is CCCCCCCCCCCCCCCCCCCCCCC(O)C(=O)N[C@@H](CO[C@@H]1O[C@H](CO[C@@H]2OC[C@@H](O)[C@@H](O)[C@@H]2O[C@H]2O[C@H](CO)[C@H](O)[C@H](O[C@@H]3O[C@@H]([C@H](O)CO)[C@H](O[C@H]4O[C@@H]([C@H](O)CO)[C@H](O)[C@H]4O)[C@H]3O[C@H]3O[C@@H]([C@H](O)CO)[C@H](O)[C@H]3O)[C@H]2O)[C@@H](O)[C@H](O)[C@H]1O)[C@H](O)[C@H](O)CCCCCCCCCCCC. The smallest absolute Gasteiger partial charge is 0.249 e. The van der Waals surface area contributed by atoms with Gasteiger partial charge in [0.25, 0.3) is 0 Å². The molecule has 22 N–H and O–H groups in total. The van der Waals surface area contributed by atoms with Crippen LogP contribution in [0.25, 0.3) is 0 Å². The molecule has 0 saturated carbocycles. The molecule has 648 valence electrons. The van der Waals surface area contributed by atoms with Crippen LogP contribution in [0.2, 0.25) is 0 Å². The van der Waals surface area contributed by atoms with Crippen LogP contribution in [0, 0.1) is 0 Å². The molecule has 1 unspecified atom stereocenters. The standard InChI is InChI=1S/C75H139NO34/c1-3-5-7-9-11-13-15-16-17-18-19-20-21-22-23-24-26-28-30-32-34-44(82)69(98)76-42(51(87)43(81)33-31-29-27-25-14-12-10-8-6-4-2)39-99-70-58(94)55(91)53(89)50(103-70)41-101-74-66(52(88)48(86)40-100-74)108-73-61(97)65(54(90)49(38-80)102-73)107-75-68(110-72-60(96)57(93)63(105-72)46(84)36-78)67(64(106-75)47(85)37-79)109-71-59(95)56(92)62(104-71)45(83)35-77/h42-68,70-75,77-97H,3-41H2,1-2H3,(H,76,98)/t42-,43+,44?,45+,46+,47+,48+,49+,50+,51-,52+,53+,54-,55-,56+,57+,58+,59+,60+,61+,62-,63-,64-,65-,66-,67-,68+,70+,71+,72+,73+,74-,75-/m0/s1. The Labute approximate surface area is 645 Å². The third kappa shape index (κ3) is 29.6. The van der Waals surface area contributed by atoms with Crippen LogP contribution in [0.15, 0.2) is 0 Å². The first-order valence-electron chi connectivity index (χ1n) is 40.9. The van der Waals surface area contributed by atoms with Crippen LogP contribution in [0.4, 0.5) is 0 Å². The van der Waals surface area contributed by atoms with Crippen molar-refractivity contribution in [3.63, 3.8) is 0 Å². The number of hydrogen-bond acceptors (Lipinski definition) is 34. The first-order chi connectivity index (χ1) is 52.9. The number of unbranched alkanes of at least 4 members (excludes halogenated alkanes) is 28. The lowest BCUT2D eigenvalue weighted by Gasteiger charge is -2.46. The van der Waals surface area contributed by atoms with Crippen molar-refractivity contribution in [1.82, 2.24) is 5.32 Å². The van der Waals surface area contributed by atoms with Crippen molar-refractivity contribution >= 4 is 5.91 Å². The normalized spacial score (nSPS) is 36.2. The van der Waals surface area contributed by atoms with Crippen molar-refractivity contribution in [1.29, 1.82) is 0 Å². The number of carbonyl (C=O) groups is 1. The molecule has 35 nitrogen and oxygen atoms in total. The summed E-state index contributed by atoms with van der Waals surface area (Å²) in [6.07, 6.45) is -26.9. The van der Waals surface area contributed by atoms with Crippen LogP contribution >= 0.6 is 0 Å². The van der Waals surface area contributed by atoms with E-state index >= 15 is 0 Å². The lowest BCUT2D eigenvalue weighted by atomic mass is 9.98. The van der Waals surface area contributed by atoms with Crippen LogP contribution in [0.1, 0.15) is 219 Å². The number of aliphatic hydroxyl groups excluding tert-OH is 21. The highest BCUT2D eigenvalue weighted by atomic mass is 16.8. The topological polar surface area (TPSA) is 565 Å². The molecule has 6 fully saturated rings. The Kier molecular flexibility index (Phi) is 46.0. The molecule has 33 atom stereocenters. The van der Waals surface area contributed by atoms with E-state index < -0.39 is 255 Å². The number of rotatable bonds is 57. The maximum Gasteiger partial charge on any atom is 0.249 e. The maximum absolute atomic E-state index is 13.7. The molecular formula is C75H139NO34. The second-order valence-electron chi connectivity index (χ2n) is 30.8. The lowest BCUT2D eigenvalue weighted by Crippen LogP contribution is -2.64. The number of carbonyl (C=O) groups excluding carboxylic acids is 1. The summed E-state index contributed by atoms with van der Waals surface area (Å²) in [7, 11) is 0. The lowest BCUT2D eigenvalue weighted by molar-refractivity contribution is -0.374. The van der Waals surface area contributed by atoms with Gasteiger partial charge < -0.3 is 169 Å². The third-order valence-electron chi connectivity index (χ3n) is 22.0. The summed E-state index contributed by atoms with van der Waals surface area (Å²) in [6.45, 7) is -1.87. The molecule has 110 heavy (non-hydrogen) atoms. The van der Waals surface area contributed by atoms with E-state index in [4.69, 9.17) is 56.8 Å². The summed E-state index contributed by atoms with van der Waals surface area (Å²) in [5, 5.41) is 232. The molecule has 35 heteroatoms. The van der Waals surface area contributed by atoms with Crippen molar-refractivity contribution in [3.05, 3.63) is 0 Å². The number of amides is 1. The Bertz CT molecular complexity index is 2390. The van der Waals surface area contributed by atoms with E-state index in [-0.39, 0.29) is 12.8 Å². The summed E-state index contributed by atoms with van der Waals surface area (Å²) >= 11 is 0. The van der Waals surface area contributed by atoms with Crippen LogP contribution < -0.4 is 5.32 Å². The number of ether oxygens (including phenoxy) is 12. The molecule has 6 heterocycles. The summed E-state index contributed by atoms with van der Waals surface area (Å²) in [6, 6.07) is -1.43. The van der Waals surface area contributed by atoms with Crippen molar-refractivity contribution in [3.8, 4) is 0 Å². The predicted octanol–water partition coefficient (Wildman–Crippen LogP) is -2.35. The Morgan fingerprint density at radius 1 is 0.373 bits per heavy atom. The Hall–Kier alpha value is -1.85. The van der Waals surface area contributed by atoms with Crippen LogP contribution in [0.3, 0.4) is 0 Å². The zero-order valence-corrected chi connectivity index (χ0v) is 64.3. The first kappa shape index (κ1) is 97.0. The molecular weight excluding hydrogens is 1460 g/mol. The Balaban J connectivity index is 1.08. The number of nitrogens with one attached hydrogen (secondary N) is 1. The van der Waals surface area contributed by atoms with Crippen molar-refractivity contribution in [2.75, 3.05) is 46.2 Å². The second-order valence-corrected chi connectivity index (χ2v) is 30.8. The number of hydrogen-bond donors (Lipinski definition) is 22. The molecule has 0 bridgehead atoms. The molecule has 6 aliphatic rings. The van der Waals surface area contributed by atoms with Gasteiger partial charge in [0.15, 0.2) is 37.7 Å². The largest absolute Gasteiger partial charge is 0.394 e. The zero-order chi connectivity index (χ0) is 80.4.